The minimum absolute atomic E-state index is 0.0198. The van der Waals surface area contributed by atoms with E-state index in [1.54, 1.807) is 30.3 Å². The Hall–Kier alpha value is -3.86. The molecule has 0 aromatic heterocycles. The lowest BCUT2D eigenvalue weighted by molar-refractivity contribution is 0.0697. The average molecular weight is 402 g/mol. The molecule has 0 bridgehead atoms. The summed E-state index contributed by atoms with van der Waals surface area (Å²) in [5, 5.41) is 19.9. The van der Waals surface area contributed by atoms with Crippen LogP contribution < -0.4 is 5.43 Å². The van der Waals surface area contributed by atoms with E-state index >= 15 is 0 Å². The van der Waals surface area contributed by atoms with Gasteiger partial charge in [0.25, 0.3) is 0 Å². The van der Waals surface area contributed by atoms with Crippen LogP contribution in [0.2, 0.25) is 0 Å². The average Bonchev–Trinajstić information content (AvgIpc) is 2.73. The Bertz CT molecular complexity index is 1250. The maximum absolute atomic E-state index is 11.7. The number of allylic oxidation sites excluding steroid dienone is 2. The third kappa shape index (κ3) is 4.25. The quantitative estimate of drug-likeness (QED) is 0.327. The zero-order valence-electron chi connectivity index (χ0n) is 16.8. The molecule has 2 aliphatic rings. The van der Waals surface area contributed by atoms with Gasteiger partial charge in [0.05, 0.1) is 5.56 Å². The highest BCUT2D eigenvalue weighted by Crippen LogP contribution is 2.41. The molecule has 0 amide bonds. The van der Waals surface area contributed by atoms with Crippen LogP contribution in [0.3, 0.4) is 0 Å². The van der Waals surface area contributed by atoms with E-state index in [2.05, 4.69) is 19.1 Å². The molecule has 1 aliphatic heterocycles. The molecule has 2 aromatic rings. The molecule has 0 atom stereocenters. The second-order valence-electron chi connectivity index (χ2n) is 6.64. The first-order chi connectivity index (χ1) is 14.5. The van der Waals surface area contributed by atoms with Gasteiger partial charge in [-0.15, -0.1) is 0 Å². The summed E-state index contributed by atoms with van der Waals surface area (Å²) in [6.07, 6.45) is 5.34. The van der Waals surface area contributed by atoms with Crippen molar-refractivity contribution in [2.45, 2.75) is 20.3 Å². The fourth-order valence-corrected chi connectivity index (χ4v) is 3.27. The summed E-state index contributed by atoms with van der Waals surface area (Å²) in [6.45, 7) is 4.16. The summed E-state index contributed by atoms with van der Waals surface area (Å²) in [6, 6.07) is 15.7. The van der Waals surface area contributed by atoms with Gasteiger partial charge in [0, 0.05) is 28.6 Å². The van der Waals surface area contributed by atoms with Crippen LogP contribution in [0, 0.1) is 0 Å². The van der Waals surface area contributed by atoms with Gasteiger partial charge in [-0.05, 0) is 49.2 Å². The number of aromatic hydroxyl groups is 1. The molecule has 0 spiro atoms. The van der Waals surface area contributed by atoms with Gasteiger partial charge in [0.1, 0.15) is 17.1 Å². The van der Waals surface area contributed by atoms with Gasteiger partial charge in [-0.2, -0.15) is 0 Å². The zero-order chi connectivity index (χ0) is 21.7. The fraction of sp³-hybridized carbons (Fsp3) is 0.120. The van der Waals surface area contributed by atoms with Gasteiger partial charge in [-0.3, -0.25) is 4.79 Å². The van der Waals surface area contributed by atoms with Gasteiger partial charge in [-0.1, -0.05) is 37.3 Å². The molecule has 0 fully saturated rings. The number of phenolic OH excluding ortho intramolecular Hbond substituents is 1. The Kier molecular flexibility index (Phi) is 6.32. The second kappa shape index (κ2) is 9.09. The zero-order valence-corrected chi connectivity index (χ0v) is 16.8. The number of carboxylic acids is 1. The first-order valence-corrected chi connectivity index (χ1v) is 9.59. The molecule has 30 heavy (non-hydrogen) atoms. The lowest BCUT2D eigenvalue weighted by Crippen LogP contribution is -2.03. The lowest BCUT2D eigenvalue weighted by atomic mass is 9.91. The van der Waals surface area contributed by atoms with Crippen molar-refractivity contribution >= 4 is 16.9 Å². The molecule has 0 saturated carbocycles. The molecule has 1 aliphatic carbocycles. The highest BCUT2D eigenvalue weighted by Gasteiger charge is 2.21. The predicted molar refractivity (Wildman–Crippen MR) is 118 cm³/mol. The highest BCUT2D eigenvalue weighted by molar-refractivity contribution is 6.07. The van der Waals surface area contributed by atoms with Crippen molar-refractivity contribution in [3.05, 3.63) is 88.6 Å². The van der Waals surface area contributed by atoms with E-state index < -0.39 is 5.97 Å². The van der Waals surface area contributed by atoms with E-state index in [0.29, 0.717) is 33.4 Å². The number of benzene rings is 3. The molecule has 2 N–H and O–H groups in total. The summed E-state index contributed by atoms with van der Waals surface area (Å²) in [4.78, 5) is 23.4. The third-order valence-corrected chi connectivity index (χ3v) is 4.58. The standard InChI is InChI=1S/C20H12O5.C5H10/c21-11-5-7-15-17(9-11)25-18-10-12(22)6-8-16(18)19(15)13-3-1-2-4-14(13)20(23)24;1-3-5-4-2/h1-10,21H,(H,23,24);3,5H,4H2,1-2H3/b;5-3-. The molecular weight excluding hydrogens is 380 g/mol. The fourth-order valence-electron chi connectivity index (χ4n) is 3.27. The number of hydrogen-bond acceptors (Lipinski definition) is 4. The molecular formula is C25H22O5. The Labute approximate surface area is 173 Å². The SMILES string of the molecule is C/C=C\CC.O=C(O)c1ccccc1-c1c2ccc(=O)cc-2oc2cc(O)ccc12. The van der Waals surface area contributed by atoms with Gasteiger partial charge >= 0.3 is 5.97 Å². The Morgan fingerprint density at radius 3 is 2.47 bits per heavy atom. The van der Waals surface area contributed by atoms with Crippen molar-refractivity contribution in [2.24, 2.45) is 0 Å². The van der Waals surface area contributed by atoms with E-state index in [0.717, 1.165) is 6.42 Å². The second-order valence-corrected chi connectivity index (χ2v) is 6.64. The number of aromatic carboxylic acids is 1. The number of fused-ring (bicyclic) bond motifs is 2. The number of carbonyl (C=O) groups is 1. The van der Waals surface area contributed by atoms with E-state index in [4.69, 9.17) is 4.42 Å². The summed E-state index contributed by atoms with van der Waals surface area (Å²) in [5.74, 6) is -0.691. The summed E-state index contributed by atoms with van der Waals surface area (Å²) in [7, 11) is 0. The van der Waals surface area contributed by atoms with E-state index in [1.807, 2.05) is 6.92 Å². The molecule has 5 heteroatoms. The maximum Gasteiger partial charge on any atom is 0.336 e. The summed E-state index contributed by atoms with van der Waals surface area (Å²) < 4.78 is 5.76. The van der Waals surface area contributed by atoms with Crippen LogP contribution in [0.15, 0.2) is 82.0 Å². The number of carboxylic acid groups (broad SMARTS) is 1. The minimum Gasteiger partial charge on any atom is -0.508 e. The van der Waals surface area contributed by atoms with Crippen molar-refractivity contribution in [1.29, 1.82) is 0 Å². The predicted octanol–water partition coefficient (Wildman–Crippen LogP) is 5.94. The van der Waals surface area contributed by atoms with Crippen LogP contribution in [0.4, 0.5) is 0 Å². The molecule has 0 unspecified atom stereocenters. The summed E-state index contributed by atoms with van der Waals surface area (Å²) >= 11 is 0. The first kappa shape index (κ1) is 20.9. The Morgan fingerprint density at radius 2 is 1.80 bits per heavy atom. The smallest absolute Gasteiger partial charge is 0.336 e. The molecule has 4 rings (SSSR count). The van der Waals surface area contributed by atoms with Gasteiger partial charge in [-0.25, -0.2) is 4.79 Å². The van der Waals surface area contributed by atoms with Crippen molar-refractivity contribution < 1.29 is 19.4 Å². The van der Waals surface area contributed by atoms with Crippen molar-refractivity contribution in [3.8, 4) is 28.2 Å². The van der Waals surface area contributed by atoms with Crippen molar-refractivity contribution in [3.63, 3.8) is 0 Å². The summed E-state index contributed by atoms with van der Waals surface area (Å²) in [5.41, 5.74) is 2.10. The van der Waals surface area contributed by atoms with Crippen LogP contribution >= 0.6 is 0 Å². The van der Waals surface area contributed by atoms with Crippen LogP contribution in [0.5, 0.6) is 5.75 Å². The number of phenols is 1. The van der Waals surface area contributed by atoms with Gasteiger partial charge in [0.2, 0.25) is 0 Å². The van der Waals surface area contributed by atoms with E-state index in [1.165, 1.54) is 30.3 Å². The van der Waals surface area contributed by atoms with E-state index in [-0.39, 0.29) is 16.7 Å². The lowest BCUT2D eigenvalue weighted by Gasteiger charge is -2.16. The molecule has 0 saturated heterocycles. The topological polar surface area (TPSA) is 87.7 Å². The van der Waals surface area contributed by atoms with Gasteiger partial charge in [0.15, 0.2) is 5.43 Å². The number of rotatable bonds is 3. The highest BCUT2D eigenvalue weighted by atomic mass is 16.4. The van der Waals surface area contributed by atoms with Crippen molar-refractivity contribution in [1.82, 2.24) is 0 Å². The van der Waals surface area contributed by atoms with Crippen LogP contribution in [-0.4, -0.2) is 16.2 Å². The Balaban J connectivity index is 0.000000461. The normalized spacial score (nSPS) is 10.9. The van der Waals surface area contributed by atoms with Crippen LogP contribution in [-0.2, 0) is 0 Å². The van der Waals surface area contributed by atoms with Crippen molar-refractivity contribution in [2.75, 3.05) is 0 Å². The van der Waals surface area contributed by atoms with Crippen LogP contribution in [0.25, 0.3) is 33.4 Å². The third-order valence-electron chi connectivity index (χ3n) is 4.58. The molecule has 1 heterocycles. The Morgan fingerprint density at radius 1 is 1.03 bits per heavy atom. The first-order valence-electron chi connectivity index (χ1n) is 9.59. The number of hydrogen-bond donors (Lipinski definition) is 2. The molecule has 0 radical (unpaired) electrons. The van der Waals surface area contributed by atoms with E-state index in [9.17, 15) is 19.8 Å². The largest absolute Gasteiger partial charge is 0.508 e. The molecule has 5 nitrogen and oxygen atoms in total. The maximum atomic E-state index is 11.7. The van der Waals surface area contributed by atoms with Crippen LogP contribution in [0.1, 0.15) is 30.6 Å². The van der Waals surface area contributed by atoms with Gasteiger partial charge < -0.3 is 14.6 Å². The monoisotopic (exact) mass is 402 g/mol. The minimum atomic E-state index is -1.04. The molecule has 152 valence electrons. The molecule has 2 aromatic carbocycles.